The molecule has 0 saturated carbocycles. The van der Waals surface area contributed by atoms with E-state index in [2.05, 4.69) is 10.3 Å². The fourth-order valence-corrected chi connectivity index (χ4v) is 4.93. The second kappa shape index (κ2) is 7.49. The highest BCUT2D eigenvalue weighted by Crippen LogP contribution is 2.31. The van der Waals surface area contributed by atoms with E-state index < -0.39 is 10.0 Å². The van der Waals surface area contributed by atoms with Gasteiger partial charge in [-0.1, -0.05) is 0 Å². The van der Waals surface area contributed by atoms with Crippen LogP contribution in [0.1, 0.15) is 15.9 Å². The van der Waals surface area contributed by atoms with E-state index in [9.17, 15) is 13.2 Å². The van der Waals surface area contributed by atoms with Gasteiger partial charge in [0.05, 0.1) is 24.7 Å². The van der Waals surface area contributed by atoms with E-state index in [4.69, 9.17) is 4.74 Å². The SMILES string of the molecule is COc1ccc(-c2csc(NC(=O)c3ccc4c(c3)CCN4S(C)(=O)=O)n2)cc1. The quantitative estimate of drug-likeness (QED) is 0.672. The molecule has 1 aliphatic rings. The number of carbonyl (C=O) groups excluding carboxylic acids is 1. The Morgan fingerprint density at radius 1 is 1.21 bits per heavy atom. The molecule has 150 valence electrons. The molecule has 29 heavy (non-hydrogen) atoms. The van der Waals surface area contributed by atoms with Crippen LogP contribution in [-0.4, -0.2) is 39.2 Å². The molecule has 3 aromatic rings. The summed E-state index contributed by atoms with van der Waals surface area (Å²) in [5.41, 5.74) is 3.66. The summed E-state index contributed by atoms with van der Waals surface area (Å²) >= 11 is 1.34. The van der Waals surface area contributed by atoms with Crippen LogP contribution < -0.4 is 14.4 Å². The Kier molecular flexibility index (Phi) is 5.01. The van der Waals surface area contributed by atoms with Crippen molar-refractivity contribution in [1.29, 1.82) is 0 Å². The lowest BCUT2D eigenvalue weighted by atomic mass is 10.1. The summed E-state index contributed by atoms with van der Waals surface area (Å²) in [6.07, 6.45) is 1.77. The van der Waals surface area contributed by atoms with Crippen molar-refractivity contribution in [3.63, 3.8) is 0 Å². The number of sulfonamides is 1. The first-order valence-corrected chi connectivity index (χ1v) is 11.6. The second-order valence-corrected chi connectivity index (χ2v) is 9.41. The third kappa shape index (κ3) is 3.96. The molecule has 0 fully saturated rings. The molecule has 0 aliphatic carbocycles. The molecule has 1 N–H and O–H groups in total. The first-order chi connectivity index (χ1) is 13.8. The zero-order valence-corrected chi connectivity index (χ0v) is 17.5. The van der Waals surface area contributed by atoms with Crippen LogP contribution >= 0.6 is 11.3 Å². The van der Waals surface area contributed by atoms with Gasteiger partial charge in [-0.25, -0.2) is 13.4 Å². The summed E-state index contributed by atoms with van der Waals surface area (Å²) in [6.45, 7) is 0.400. The van der Waals surface area contributed by atoms with E-state index in [1.165, 1.54) is 21.9 Å². The van der Waals surface area contributed by atoms with Gasteiger partial charge in [-0.15, -0.1) is 11.3 Å². The largest absolute Gasteiger partial charge is 0.497 e. The van der Waals surface area contributed by atoms with Crippen LogP contribution in [0.15, 0.2) is 47.8 Å². The molecule has 9 heteroatoms. The van der Waals surface area contributed by atoms with Gasteiger partial charge in [-0.2, -0.15) is 0 Å². The molecule has 0 atom stereocenters. The van der Waals surface area contributed by atoms with Crippen molar-refractivity contribution in [3.05, 3.63) is 59.0 Å². The van der Waals surface area contributed by atoms with Gasteiger partial charge >= 0.3 is 0 Å². The molecule has 2 heterocycles. The summed E-state index contributed by atoms with van der Waals surface area (Å²) in [5, 5.41) is 5.19. The van der Waals surface area contributed by atoms with Crippen molar-refractivity contribution in [2.75, 3.05) is 29.5 Å². The van der Waals surface area contributed by atoms with Gasteiger partial charge in [-0.05, 0) is 54.4 Å². The van der Waals surface area contributed by atoms with Crippen LogP contribution in [0.4, 0.5) is 10.8 Å². The van der Waals surface area contributed by atoms with Crippen molar-refractivity contribution in [2.24, 2.45) is 0 Å². The molecular weight excluding hydrogens is 410 g/mol. The molecular formula is C20H19N3O4S2. The normalized spacial score (nSPS) is 13.2. The number of aromatic nitrogens is 1. The predicted octanol–water partition coefficient (Wildman–Crippen LogP) is 3.39. The average molecular weight is 430 g/mol. The number of hydrogen-bond donors (Lipinski definition) is 1. The average Bonchev–Trinajstić information content (AvgIpc) is 3.34. The summed E-state index contributed by atoms with van der Waals surface area (Å²) in [5.74, 6) is 0.491. The van der Waals surface area contributed by atoms with Crippen LogP contribution in [-0.2, 0) is 16.4 Å². The number of ether oxygens (including phenoxy) is 1. The Morgan fingerprint density at radius 3 is 2.66 bits per heavy atom. The van der Waals surface area contributed by atoms with Crippen molar-refractivity contribution >= 4 is 38.1 Å². The van der Waals surface area contributed by atoms with Crippen LogP contribution in [0, 0.1) is 0 Å². The smallest absolute Gasteiger partial charge is 0.257 e. The number of nitrogens with zero attached hydrogens (tertiary/aromatic N) is 2. The number of rotatable bonds is 5. The molecule has 0 saturated heterocycles. The fourth-order valence-electron chi connectivity index (χ4n) is 3.25. The van der Waals surface area contributed by atoms with Gasteiger partial charge in [0, 0.05) is 23.1 Å². The standard InChI is InChI=1S/C20H19N3O4S2/c1-27-16-6-3-13(4-7-16)17-12-28-20(21-17)22-19(24)15-5-8-18-14(11-15)9-10-23(18)29(2,25)26/h3-8,11-12H,9-10H2,1-2H3,(H,21,22,24). The lowest BCUT2D eigenvalue weighted by Gasteiger charge is -2.16. The van der Waals surface area contributed by atoms with E-state index in [1.54, 1.807) is 25.3 Å². The lowest BCUT2D eigenvalue weighted by Crippen LogP contribution is -2.27. The Morgan fingerprint density at radius 2 is 1.97 bits per heavy atom. The molecule has 0 unspecified atom stereocenters. The number of benzene rings is 2. The summed E-state index contributed by atoms with van der Waals surface area (Å²) in [4.78, 5) is 17.1. The monoisotopic (exact) mass is 429 g/mol. The van der Waals surface area contributed by atoms with Gasteiger partial charge in [0.25, 0.3) is 5.91 Å². The van der Waals surface area contributed by atoms with E-state index >= 15 is 0 Å². The second-order valence-electron chi connectivity index (χ2n) is 6.65. The van der Waals surface area contributed by atoms with Gasteiger partial charge in [0.2, 0.25) is 10.0 Å². The molecule has 1 aliphatic heterocycles. The van der Waals surface area contributed by atoms with Crippen LogP contribution in [0.5, 0.6) is 5.75 Å². The number of thiazole rings is 1. The van der Waals surface area contributed by atoms with Gasteiger partial charge in [0.15, 0.2) is 5.13 Å². The highest BCUT2D eigenvalue weighted by Gasteiger charge is 2.26. The topological polar surface area (TPSA) is 88.6 Å². The summed E-state index contributed by atoms with van der Waals surface area (Å²) < 4.78 is 30.2. The van der Waals surface area contributed by atoms with Crippen molar-refractivity contribution in [3.8, 4) is 17.0 Å². The molecule has 0 spiro atoms. The molecule has 4 rings (SSSR count). The zero-order chi connectivity index (χ0) is 20.6. The number of amides is 1. The van der Waals surface area contributed by atoms with E-state index in [-0.39, 0.29) is 5.91 Å². The number of methoxy groups -OCH3 is 1. The Bertz CT molecular complexity index is 1170. The molecule has 1 amide bonds. The van der Waals surface area contributed by atoms with Gasteiger partial charge in [-0.3, -0.25) is 14.4 Å². The number of fused-ring (bicyclic) bond motifs is 1. The van der Waals surface area contributed by atoms with E-state index in [1.807, 2.05) is 29.6 Å². The van der Waals surface area contributed by atoms with Crippen LogP contribution in [0.2, 0.25) is 0 Å². The lowest BCUT2D eigenvalue weighted by molar-refractivity contribution is 0.102. The number of hydrogen-bond acceptors (Lipinski definition) is 6. The maximum Gasteiger partial charge on any atom is 0.257 e. The minimum atomic E-state index is -3.31. The molecule has 1 aromatic heterocycles. The van der Waals surface area contributed by atoms with E-state index in [0.29, 0.717) is 29.3 Å². The Hall–Kier alpha value is -2.91. The third-order valence-electron chi connectivity index (χ3n) is 4.71. The summed E-state index contributed by atoms with van der Waals surface area (Å²) in [7, 11) is -1.69. The Labute approximate surface area is 173 Å². The molecule has 0 bridgehead atoms. The molecule has 0 radical (unpaired) electrons. The number of anilines is 2. The zero-order valence-electron chi connectivity index (χ0n) is 15.9. The number of carbonyl (C=O) groups is 1. The Balaban J connectivity index is 1.50. The van der Waals surface area contributed by atoms with Crippen molar-refractivity contribution < 1.29 is 17.9 Å². The fraction of sp³-hybridized carbons (Fsp3) is 0.200. The highest BCUT2D eigenvalue weighted by atomic mass is 32.2. The first-order valence-electron chi connectivity index (χ1n) is 8.87. The van der Waals surface area contributed by atoms with Gasteiger partial charge in [0.1, 0.15) is 5.75 Å². The summed E-state index contributed by atoms with van der Waals surface area (Å²) in [6, 6.07) is 12.6. The van der Waals surface area contributed by atoms with Crippen LogP contribution in [0.25, 0.3) is 11.3 Å². The first kappa shape index (κ1) is 19.4. The van der Waals surface area contributed by atoms with Gasteiger partial charge < -0.3 is 4.74 Å². The third-order valence-corrected chi connectivity index (χ3v) is 6.64. The molecule has 7 nitrogen and oxygen atoms in total. The maximum absolute atomic E-state index is 12.6. The molecule has 2 aromatic carbocycles. The van der Waals surface area contributed by atoms with Crippen molar-refractivity contribution in [2.45, 2.75) is 6.42 Å². The minimum absolute atomic E-state index is 0.277. The highest BCUT2D eigenvalue weighted by molar-refractivity contribution is 7.92. The number of nitrogens with one attached hydrogen (secondary N) is 1. The van der Waals surface area contributed by atoms with Crippen molar-refractivity contribution in [1.82, 2.24) is 4.98 Å². The minimum Gasteiger partial charge on any atom is -0.497 e. The predicted molar refractivity (Wildman–Crippen MR) is 114 cm³/mol. The maximum atomic E-state index is 12.6. The van der Waals surface area contributed by atoms with Crippen LogP contribution in [0.3, 0.4) is 0 Å². The van der Waals surface area contributed by atoms with E-state index in [0.717, 1.165) is 22.6 Å².